The van der Waals surface area contributed by atoms with Crippen molar-refractivity contribution in [2.24, 2.45) is 5.41 Å². The lowest BCUT2D eigenvalue weighted by Crippen LogP contribution is -2.40. The minimum Gasteiger partial charge on any atom is -0.462 e. The normalized spacial score (nSPS) is 17.6. The molecule has 2 aliphatic rings. The number of carbonyl (C=O) groups excluding carboxylic acids is 2. The molecule has 1 amide bonds. The molecule has 1 aromatic carbocycles. The maximum atomic E-state index is 13.3. The summed E-state index contributed by atoms with van der Waals surface area (Å²) < 4.78 is 65.2. The predicted molar refractivity (Wildman–Crippen MR) is 116 cm³/mol. The number of esters is 1. The zero-order valence-electron chi connectivity index (χ0n) is 19.3. The Morgan fingerprint density at radius 3 is 2.71 bits per heavy atom. The zero-order chi connectivity index (χ0) is 25.2. The first kappa shape index (κ1) is 25.2. The van der Waals surface area contributed by atoms with E-state index < -0.39 is 29.1 Å². The summed E-state index contributed by atoms with van der Waals surface area (Å²) in [5.74, 6) is -2.42. The van der Waals surface area contributed by atoms with Crippen molar-refractivity contribution in [1.82, 2.24) is 15.1 Å². The first-order valence-corrected chi connectivity index (χ1v) is 11.6. The number of ether oxygens (including phenoxy) is 2. The number of alkyl halides is 3. The van der Waals surface area contributed by atoms with E-state index in [4.69, 9.17) is 9.47 Å². The number of aryl methyl sites for hydroxylation is 2. The lowest BCUT2D eigenvalue weighted by molar-refractivity contribution is -0.138. The molecule has 1 N–H and O–H groups in total. The van der Waals surface area contributed by atoms with Crippen LogP contribution in [0.15, 0.2) is 18.2 Å². The number of hydrogen-bond acceptors (Lipinski definition) is 5. The Bertz CT molecular complexity index is 1110. The Balaban J connectivity index is 1.46. The van der Waals surface area contributed by atoms with E-state index in [2.05, 4.69) is 10.4 Å². The molecule has 0 radical (unpaired) electrons. The highest BCUT2D eigenvalue weighted by molar-refractivity contribution is 5.97. The van der Waals surface area contributed by atoms with E-state index in [1.807, 2.05) is 6.92 Å². The van der Waals surface area contributed by atoms with Crippen LogP contribution in [0.4, 0.5) is 17.6 Å². The Morgan fingerprint density at radius 1 is 1.29 bits per heavy atom. The minimum absolute atomic E-state index is 0.120. The molecule has 3 heterocycles. The first-order chi connectivity index (χ1) is 16.6. The second-order valence-electron chi connectivity index (χ2n) is 8.99. The molecule has 0 unspecified atom stereocenters. The largest absolute Gasteiger partial charge is 0.462 e. The van der Waals surface area contributed by atoms with Crippen molar-refractivity contribution in [2.45, 2.75) is 51.7 Å². The molecule has 0 saturated carbocycles. The fourth-order valence-electron chi connectivity index (χ4n) is 4.74. The molecule has 35 heavy (non-hydrogen) atoms. The third-order valence-corrected chi connectivity index (χ3v) is 6.67. The van der Waals surface area contributed by atoms with Gasteiger partial charge in [-0.05, 0) is 49.3 Å². The van der Waals surface area contributed by atoms with Gasteiger partial charge >= 0.3 is 12.1 Å². The molecule has 190 valence electrons. The van der Waals surface area contributed by atoms with Crippen LogP contribution in [-0.2, 0) is 35.0 Å². The molecule has 0 bridgehead atoms. The molecule has 1 aromatic heterocycles. The van der Waals surface area contributed by atoms with Gasteiger partial charge in [-0.25, -0.2) is 9.18 Å². The summed E-state index contributed by atoms with van der Waals surface area (Å²) in [7, 11) is 0. The van der Waals surface area contributed by atoms with Gasteiger partial charge in [0, 0.05) is 32.7 Å². The van der Waals surface area contributed by atoms with Crippen LogP contribution in [0, 0.1) is 11.2 Å². The van der Waals surface area contributed by atoms with Gasteiger partial charge in [0.2, 0.25) is 0 Å². The number of amides is 1. The fraction of sp³-hybridized carbons (Fsp3) is 0.542. The lowest BCUT2D eigenvalue weighted by atomic mass is 9.76. The van der Waals surface area contributed by atoms with Gasteiger partial charge in [-0.15, -0.1) is 0 Å². The summed E-state index contributed by atoms with van der Waals surface area (Å²) in [6, 6.07) is 1.83. The summed E-state index contributed by atoms with van der Waals surface area (Å²) in [6.45, 7) is 3.89. The summed E-state index contributed by atoms with van der Waals surface area (Å²) in [4.78, 5) is 25.1. The van der Waals surface area contributed by atoms with Gasteiger partial charge in [0.1, 0.15) is 5.82 Å². The van der Waals surface area contributed by atoms with Crippen LogP contribution in [0.2, 0.25) is 0 Å². The van der Waals surface area contributed by atoms with Crippen molar-refractivity contribution in [3.05, 3.63) is 52.1 Å². The molecule has 2 aromatic rings. The van der Waals surface area contributed by atoms with Crippen LogP contribution >= 0.6 is 0 Å². The van der Waals surface area contributed by atoms with Gasteiger partial charge in [0.15, 0.2) is 0 Å². The first-order valence-electron chi connectivity index (χ1n) is 11.6. The van der Waals surface area contributed by atoms with E-state index in [1.54, 1.807) is 4.68 Å². The average Bonchev–Trinajstić information content (AvgIpc) is 3.10. The van der Waals surface area contributed by atoms with Gasteiger partial charge in [-0.2, -0.15) is 18.3 Å². The molecule has 2 aliphatic heterocycles. The number of rotatable bonds is 6. The van der Waals surface area contributed by atoms with Crippen molar-refractivity contribution in [3.63, 3.8) is 0 Å². The van der Waals surface area contributed by atoms with E-state index in [-0.39, 0.29) is 30.4 Å². The standard InChI is InChI=1S/C24H27F4N3O4/c1-2-18-20-19(13-23(14-29-21(20)32)6-10-34-11-7-23)31(30-18)8-3-9-35-22(33)16-5-4-15(25)12-17(16)24(26,27)28/h4-5,12H,2-3,6-11,13-14H2,1H3,(H,29,32). The van der Waals surface area contributed by atoms with Gasteiger partial charge in [0.05, 0.1) is 34.7 Å². The number of aromatic nitrogens is 2. The summed E-state index contributed by atoms with van der Waals surface area (Å²) in [5, 5.41) is 7.64. The molecule has 1 fully saturated rings. The van der Waals surface area contributed by atoms with E-state index in [0.717, 1.165) is 30.7 Å². The fourth-order valence-corrected chi connectivity index (χ4v) is 4.74. The summed E-state index contributed by atoms with van der Waals surface area (Å²) in [5.41, 5.74) is -0.152. The lowest BCUT2D eigenvalue weighted by Gasteiger charge is -2.36. The molecule has 4 rings (SSSR count). The smallest absolute Gasteiger partial charge is 0.417 e. The predicted octanol–water partition coefficient (Wildman–Crippen LogP) is 3.93. The van der Waals surface area contributed by atoms with Crippen LogP contribution in [-0.4, -0.2) is 48.0 Å². The Labute approximate surface area is 199 Å². The van der Waals surface area contributed by atoms with E-state index in [1.165, 1.54) is 0 Å². The number of nitrogens with zero attached hydrogens (tertiary/aromatic N) is 2. The van der Waals surface area contributed by atoms with Gasteiger partial charge in [0.25, 0.3) is 5.91 Å². The molecular weight excluding hydrogens is 470 g/mol. The van der Waals surface area contributed by atoms with Crippen LogP contribution in [0.3, 0.4) is 0 Å². The van der Waals surface area contributed by atoms with Crippen molar-refractivity contribution >= 4 is 11.9 Å². The Kier molecular flexibility index (Phi) is 7.16. The van der Waals surface area contributed by atoms with E-state index in [0.29, 0.717) is 50.4 Å². The molecular formula is C24H27F4N3O4. The maximum Gasteiger partial charge on any atom is 0.417 e. The number of carbonyl (C=O) groups is 2. The van der Waals surface area contributed by atoms with Gasteiger partial charge < -0.3 is 14.8 Å². The van der Waals surface area contributed by atoms with Crippen molar-refractivity contribution in [1.29, 1.82) is 0 Å². The third kappa shape index (κ3) is 5.34. The monoisotopic (exact) mass is 497 g/mol. The topological polar surface area (TPSA) is 82.5 Å². The second-order valence-corrected chi connectivity index (χ2v) is 8.99. The SMILES string of the molecule is CCc1nn(CCCOC(=O)c2ccc(F)cc2C(F)(F)F)c2c1C(=O)NCC1(CCOCC1)C2. The maximum absolute atomic E-state index is 13.3. The molecule has 0 aliphatic carbocycles. The zero-order valence-corrected chi connectivity index (χ0v) is 19.3. The molecule has 0 atom stereocenters. The number of benzene rings is 1. The summed E-state index contributed by atoms with van der Waals surface area (Å²) in [6.07, 6.45) is -1.75. The van der Waals surface area contributed by atoms with Crippen LogP contribution in [0.5, 0.6) is 0 Å². The molecule has 11 heteroatoms. The Hall–Kier alpha value is -2.95. The van der Waals surface area contributed by atoms with E-state index >= 15 is 0 Å². The van der Waals surface area contributed by atoms with Crippen LogP contribution in [0.25, 0.3) is 0 Å². The summed E-state index contributed by atoms with van der Waals surface area (Å²) >= 11 is 0. The molecule has 7 nitrogen and oxygen atoms in total. The highest BCUT2D eigenvalue weighted by atomic mass is 19.4. The third-order valence-electron chi connectivity index (χ3n) is 6.67. The highest BCUT2D eigenvalue weighted by Gasteiger charge is 2.40. The van der Waals surface area contributed by atoms with Crippen LogP contribution in [0.1, 0.15) is 63.9 Å². The average molecular weight is 497 g/mol. The van der Waals surface area contributed by atoms with Crippen LogP contribution < -0.4 is 5.32 Å². The van der Waals surface area contributed by atoms with Gasteiger partial charge in [-0.3, -0.25) is 9.48 Å². The number of nitrogens with one attached hydrogen (secondary N) is 1. The second kappa shape index (κ2) is 9.96. The molecule has 1 spiro atoms. The quantitative estimate of drug-likeness (QED) is 0.372. The van der Waals surface area contributed by atoms with Crippen molar-refractivity contribution in [3.8, 4) is 0 Å². The number of halogens is 4. The van der Waals surface area contributed by atoms with E-state index in [9.17, 15) is 27.2 Å². The van der Waals surface area contributed by atoms with Gasteiger partial charge in [-0.1, -0.05) is 6.92 Å². The van der Waals surface area contributed by atoms with Crippen molar-refractivity contribution in [2.75, 3.05) is 26.4 Å². The number of fused-ring (bicyclic) bond motifs is 1. The van der Waals surface area contributed by atoms with Crippen molar-refractivity contribution < 1.29 is 36.6 Å². The Morgan fingerprint density at radius 2 is 2.03 bits per heavy atom. The number of hydrogen-bond donors (Lipinski definition) is 1. The molecule has 1 saturated heterocycles. The minimum atomic E-state index is -4.89. The highest BCUT2D eigenvalue weighted by Crippen LogP contribution is 2.37.